The van der Waals surface area contributed by atoms with Gasteiger partial charge in [0.15, 0.2) is 0 Å². The van der Waals surface area contributed by atoms with Crippen molar-refractivity contribution < 1.29 is 9.84 Å². The van der Waals surface area contributed by atoms with Crippen LogP contribution in [-0.4, -0.2) is 22.3 Å². The minimum absolute atomic E-state index is 0. The molecule has 0 amide bonds. The summed E-state index contributed by atoms with van der Waals surface area (Å²) in [7, 11) is 1.98. The normalized spacial score (nSPS) is 12.0. The Morgan fingerprint density at radius 2 is 1.74 bits per heavy atom. The second kappa shape index (κ2) is 7.51. The third-order valence-corrected chi connectivity index (χ3v) is 3.81. The number of benzene rings is 2. The Bertz CT molecular complexity index is 771. The summed E-state index contributed by atoms with van der Waals surface area (Å²) in [5, 5.41) is 10.4. The molecule has 0 bridgehead atoms. The molecular formula is C18H21ClN2O2. The summed E-state index contributed by atoms with van der Waals surface area (Å²) in [5.41, 5.74) is 8.08. The highest BCUT2D eigenvalue weighted by atomic mass is 35.5. The van der Waals surface area contributed by atoms with E-state index >= 15 is 0 Å². The summed E-state index contributed by atoms with van der Waals surface area (Å²) in [6, 6.07) is 17.5. The lowest BCUT2D eigenvalue weighted by molar-refractivity contribution is 0.264. The van der Waals surface area contributed by atoms with Gasteiger partial charge in [0.05, 0.1) is 12.1 Å². The summed E-state index contributed by atoms with van der Waals surface area (Å²) < 4.78 is 8.13. The molecule has 0 spiro atoms. The molecule has 0 radical (unpaired) electrons. The first kappa shape index (κ1) is 17.3. The number of halogens is 1. The minimum atomic E-state index is -0.302. The molecule has 0 saturated carbocycles. The molecule has 0 aliphatic heterocycles. The summed E-state index contributed by atoms with van der Waals surface area (Å²) in [4.78, 5) is 0. The third-order valence-electron chi connectivity index (χ3n) is 3.81. The van der Waals surface area contributed by atoms with Crippen LogP contribution in [0.4, 0.5) is 0 Å². The number of hydrogen-bond acceptors (Lipinski definition) is 3. The van der Waals surface area contributed by atoms with Gasteiger partial charge in [0, 0.05) is 24.0 Å². The maximum atomic E-state index is 9.28. The summed E-state index contributed by atoms with van der Waals surface area (Å²) in [6.07, 6.45) is 0.569. The molecule has 0 aliphatic carbocycles. The van der Waals surface area contributed by atoms with Crippen molar-refractivity contribution in [1.82, 2.24) is 4.57 Å². The predicted molar refractivity (Wildman–Crippen MR) is 95.4 cm³/mol. The van der Waals surface area contributed by atoms with Crippen LogP contribution in [0.25, 0.3) is 10.9 Å². The van der Waals surface area contributed by atoms with Gasteiger partial charge in [-0.1, -0.05) is 36.4 Å². The van der Waals surface area contributed by atoms with Crippen molar-refractivity contribution in [3.05, 3.63) is 60.2 Å². The van der Waals surface area contributed by atoms with E-state index in [1.807, 2.05) is 54.1 Å². The number of aryl methyl sites for hydroxylation is 1. The van der Waals surface area contributed by atoms with Gasteiger partial charge in [-0.05, 0) is 24.6 Å². The van der Waals surface area contributed by atoms with E-state index in [4.69, 9.17) is 10.5 Å². The fourth-order valence-electron chi connectivity index (χ4n) is 2.70. The maximum Gasteiger partial charge on any atom is 0.204 e. The Kier molecular flexibility index (Phi) is 5.66. The summed E-state index contributed by atoms with van der Waals surface area (Å²) in [6.45, 7) is -0.0476. The molecule has 2 aromatic carbocycles. The Morgan fingerprint density at radius 1 is 1.09 bits per heavy atom. The number of aliphatic hydroxyl groups excluding tert-OH is 1. The molecule has 1 aromatic heterocycles. The summed E-state index contributed by atoms with van der Waals surface area (Å²) >= 11 is 0. The lowest BCUT2D eigenvalue weighted by atomic mass is 10.1. The standard InChI is InChI=1S/C18H20N2O2.ClH/c1-20-17-10-6-5-9-15(17)16(11-13(19)12-21)18(20)22-14-7-3-2-4-8-14;/h2-10,13,21H,11-12,19H2,1H3;1H. The van der Waals surface area contributed by atoms with Gasteiger partial charge in [0.25, 0.3) is 0 Å². The van der Waals surface area contributed by atoms with Gasteiger partial charge in [-0.15, -0.1) is 12.4 Å². The van der Waals surface area contributed by atoms with E-state index in [2.05, 4.69) is 12.1 Å². The van der Waals surface area contributed by atoms with Crippen molar-refractivity contribution in [3.8, 4) is 11.6 Å². The van der Waals surface area contributed by atoms with Crippen LogP contribution in [0.5, 0.6) is 11.6 Å². The fraction of sp³-hybridized carbons (Fsp3) is 0.222. The first-order chi connectivity index (χ1) is 10.7. The van der Waals surface area contributed by atoms with Crippen LogP contribution in [0, 0.1) is 0 Å². The van der Waals surface area contributed by atoms with Crippen LogP contribution in [0.2, 0.25) is 0 Å². The van der Waals surface area contributed by atoms with Crippen LogP contribution in [-0.2, 0) is 13.5 Å². The van der Waals surface area contributed by atoms with Crippen molar-refractivity contribution in [3.63, 3.8) is 0 Å². The topological polar surface area (TPSA) is 60.4 Å². The van der Waals surface area contributed by atoms with Gasteiger partial charge in [0.2, 0.25) is 5.88 Å². The second-order valence-electron chi connectivity index (χ2n) is 5.42. The zero-order valence-corrected chi connectivity index (χ0v) is 13.8. The van der Waals surface area contributed by atoms with Crippen molar-refractivity contribution in [1.29, 1.82) is 0 Å². The number of nitrogens with two attached hydrogens (primary N) is 1. The van der Waals surface area contributed by atoms with E-state index in [9.17, 15) is 5.11 Å². The monoisotopic (exact) mass is 332 g/mol. The molecular weight excluding hydrogens is 312 g/mol. The van der Waals surface area contributed by atoms with Gasteiger partial charge in [-0.3, -0.25) is 0 Å². The molecule has 0 fully saturated rings. The lowest BCUT2D eigenvalue weighted by Gasteiger charge is -2.12. The van der Waals surface area contributed by atoms with E-state index in [0.717, 1.165) is 28.1 Å². The van der Waals surface area contributed by atoms with E-state index < -0.39 is 0 Å². The van der Waals surface area contributed by atoms with Gasteiger partial charge < -0.3 is 20.1 Å². The number of ether oxygens (including phenoxy) is 1. The smallest absolute Gasteiger partial charge is 0.204 e. The number of nitrogens with zero attached hydrogens (tertiary/aromatic N) is 1. The van der Waals surface area contributed by atoms with E-state index in [0.29, 0.717) is 6.42 Å². The number of rotatable bonds is 5. The van der Waals surface area contributed by atoms with Crippen LogP contribution < -0.4 is 10.5 Å². The molecule has 1 heterocycles. The average Bonchev–Trinajstić information content (AvgIpc) is 2.82. The van der Waals surface area contributed by atoms with E-state index in [1.54, 1.807) is 0 Å². The molecule has 0 aliphatic rings. The first-order valence-electron chi connectivity index (χ1n) is 7.36. The summed E-state index contributed by atoms with van der Waals surface area (Å²) in [5.74, 6) is 1.56. The molecule has 5 heteroatoms. The highest BCUT2D eigenvalue weighted by Gasteiger charge is 2.18. The number of aliphatic hydroxyl groups is 1. The zero-order chi connectivity index (χ0) is 15.5. The van der Waals surface area contributed by atoms with Gasteiger partial charge >= 0.3 is 0 Å². The molecule has 3 aromatic rings. The number of hydrogen-bond donors (Lipinski definition) is 2. The van der Waals surface area contributed by atoms with Crippen molar-refractivity contribution in [2.45, 2.75) is 12.5 Å². The van der Waals surface area contributed by atoms with Gasteiger partial charge in [-0.2, -0.15) is 0 Å². The second-order valence-corrected chi connectivity index (χ2v) is 5.42. The largest absolute Gasteiger partial charge is 0.441 e. The third kappa shape index (κ3) is 3.50. The van der Waals surface area contributed by atoms with Crippen molar-refractivity contribution in [2.75, 3.05) is 6.61 Å². The SMILES string of the molecule is Cl.Cn1c(Oc2ccccc2)c(CC(N)CO)c2ccccc21. The molecule has 0 saturated heterocycles. The Balaban J connectivity index is 0.00000192. The highest BCUT2D eigenvalue weighted by Crippen LogP contribution is 2.34. The number of aromatic nitrogens is 1. The molecule has 23 heavy (non-hydrogen) atoms. The van der Waals surface area contributed by atoms with E-state index in [-0.39, 0.29) is 25.1 Å². The van der Waals surface area contributed by atoms with Gasteiger partial charge in [0.1, 0.15) is 5.75 Å². The number of fused-ring (bicyclic) bond motifs is 1. The van der Waals surface area contributed by atoms with Crippen molar-refractivity contribution in [2.24, 2.45) is 12.8 Å². The van der Waals surface area contributed by atoms with Crippen LogP contribution in [0.3, 0.4) is 0 Å². The quantitative estimate of drug-likeness (QED) is 0.754. The van der Waals surface area contributed by atoms with Crippen LogP contribution in [0.1, 0.15) is 5.56 Å². The zero-order valence-electron chi connectivity index (χ0n) is 13.0. The van der Waals surface area contributed by atoms with E-state index in [1.165, 1.54) is 0 Å². The highest BCUT2D eigenvalue weighted by molar-refractivity contribution is 5.87. The Morgan fingerprint density at radius 3 is 2.43 bits per heavy atom. The average molecular weight is 333 g/mol. The Hall–Kier alpha value is -2.01. The van der Waals surface area contributed by atoms with Crippen LogP contribution in [0.15, 0.2) is 54.6 Å². The molecule has 1 atom stereocenters. The predicted octanol–water partition coefficient (Wildman–Crippen LogP) is 3.25. The first-order valence-corrected chi connectivity index (χ1v) is 7.36. The molecule has 3 rings (SSSR count). The minimum Gasteiger partial charge on any atom is -0.441 e. The lowest BCUT2D eigenvalue weighted by Crippen LogP contribution is -2.26. The molecule has 4 nitrogen and oxygen atoms in total. The van der Waals surface area contributed by atoms with Crippen LogP contribution >= 0.6 is 12.4 Å². The number of para-hydroxylation sites is 2. The molecule has 1 unspecified atom stereocenters. The maximum absolute atomic E-state index is 9.28. The molecule has 3 N–H and O–H groups in total. The van der Waals surface area contributed by atoms with Crippen molar-refractivity contribution >= 4 is 23.3 Å². The Labute approximate surface area is 141 Å². The van der Waals surface area contributed by atoms with Gasteiger partial charge in [-0.25, -0.2) is 0 Å². The molecule has 122 valence electrons. The fourth-order valence-corrected chi connectivity index (χ4v) is 2.70.